The van der Waals surface area contributed by atoms with Gasteiger partial charge in [-0.05, 0) is 81.0 Å². The Morgan fingerprint density at radius 1 is 0.980 bits per heavy atom. The van der Waals surface area contributed by atoms with Gasteiger partial charge in [0, 0.05) is 37.3 Å². The third-order valence-corrected chi connectivity index (χ3v) is 8.68. The number of carbonyl (C=O) groups is 3. The summed E-state index contributed by atoms with van der Waals surface area (Å²) in [6, 6.07) is 18.7. The van der Waals surface area contributed by atoms with Gasteiger partial charge in [-0.15, -0.1) is 0 Å². The number of benzene rings is 2. The number of hydrogen-bond acceptors (Lipinski definition) is 9. The van der Waals surface area contributed by atoms with Gasteiger partial charge in [-0.1, -0.05) is 55.5 Å². The number of piperidine rings is 1. The van der Waals surface area contributed by atoms with Crippen LogP contribution in [0.1, 0.15) is 62.2 Å². The molecule has 4 heterocycles. The third-order valence-electron chi connectivity index (χ3n) is 8.68. The standard InChI is InChI=1S/C39H45N7O5/c1-25-18-30(42-38(49)51-39(2,3)4)23-46(22-25)34-14-17-41-21-33(34)44-36(47)35-32(45-37(48)50-24-26-8-6-5-7-9-26)20-29-11-10-28(19-31(29)43-35)27-12-15-40-16-13-27/h5-12,14,17,19-21,25,30,40H,13,15-16,18,22-24H2,1-4H3,(H,42,49)(H,44,47)(H,45,48)/t25-,30+/m1/s1. The molecule has 2 aromatic heterocycles. The quantitative estimate of drug-likeness (QED) is 0.158. The van der Waals surface area contributed by atoms with Crippen LogP contribution in [0.2, 0.25) is 0 Å². The van der Waals surface area contributed by atoms with Crippen LogP contribution in [0, 0.1) is 5.92 Å². The van der Waals surface area contributed by atoms with Crippen molar-refractivity contribution in [2.24, 2.45) is 5.92 Å². The van der Waals surface area contributed by atoms with Crippen LogP contribution in [0.5, 0.6) is 0 Å². The largest absolute Gasteiger partial charge is 0.444 e. The maximum atomic E-state index is 14.2. The van der Waals surface area contributed by atoms with Crippen LogP contribution in [-0.2, 0) is 16.1 Å². The van der Waals surface area contributed by atoms with E-state index >= 15 is 0 Å². The van der Waals surface area contributed by atoms with Crippen LogP contribution in [0.25, 0.3) is 16.5 Å². The molecule has 2 aliphatic heterocycles. The van der Waals surface area contributed by atoms with E-state index in [1.165, 1.54) is 5.57 Å². The molecule has 0 radical (unpaired) electrons. The van der Waals surface area contributed by atoms with E-state index in [4.69, 9.17) is 14.5 Å². The highest BCUT2D eigenvalue weighted by atomic mass is 16.6. The zero-order chi connectivity index (χ0) is 36.0. The molecule has 51 heavy (non-hydrogen) atoms. The molecule has 0 aliphatic carbocycles. The predicted octanol–water partition coefficient (Wildman–Crippen LogP) is 6.75. The molecule has 12 heteroatoms. The van der Waals surface area contributed by atoms with Gasteiger partial charge in [0.15, 0.2) is 5.69 Å². The summed E-state index contributed by atoms with van der Waals surface area (Å²) in [5, 5.41) is 12.9. The second-order valence-corrected chi connectivity index (χ2v) is 14.1. The van der Waals surface area contributed by atoms with Gasteiger partial charge in [0.05, 0.1) is 28.8 Å². The lowest BCUT2D eigenvalue weighted by atomic mass is 9.95. The second-order valence-electron chi connectivity index (χ2n) is 14.1. The smallest absolute Gasteiger partial charge is 0.412 e. The first kappa shape index (κ1) is 35.3. The van der Waals surface area contributed by atoms with Crippen molar-refractivity contribution >= 4 is 51.6 Å². The molecule has 4 N–H and O–H groups in total. The molecule has 1 fully saturated rings. The van der Waals surface area contributed by atoms with Gasteiger partial charge in [-0.3, -0.25) is 15.1 Å². The Morgan fingerprint density at radius 2 is 1.80 bits per heavy atom. The topological polar surface area (TPSA) is 147 Å². The van der Waals surface area contributed by atoms with Gasteiger partial charge in [0.2, 0.25) is 0 Å². The number of ether oxygens (including phenoxy) is 2. The zero-order valence-corrected chi connectivity index (χ0v) is 29.5. The highest BCUT2D eigenvalue weighted by molar-refractivity contribution is 6.11. The average molecular weight is 692 g/mol. The summed E-state index contributed by atoms with van der Waals surface area (Å²) in [5.74, 6) is -0.274. The molecule has 2 atom stereocenters. The lowest BCUT2D eigenvalue weighted by Gasteiger charge is -2.39. The van der Waals surface area contributed by atoms with Crippen LogP contribution >= 0.6 is 0 Å². The Kier molecular flexibility index (Phi) is 10.8. The summed E-state index contributed by atoms with van der Waals surface area (Å²) >= 11 is 0. The van der Waals surface area contributed by atoms with Crippen molar-refractivity contribution in [2.75, 3.05) is 41.7 Å². The minimum atomic E-state index is -0.710. The molecule has 0 saturated carbocycles. The SMILES string of the molecule is C[C@@H]1C[C@H](NC(=O)OC(C)(C)C)CN(c2ccncc2NC(=O)c2nc3cc(C4=CCNCC4)ccc3cc2NC(=O)OCc2ccccc2)C1. The molecule has 1 saturated heterocycles. The molecule has 0 unspecified atom stereocenters. The van der Waals surface area contributed by atoms with Gasteiger partial charge >= 0.3 is 12.2 Å². The summed E-state index contributed by atoms with van der Waals surface area (Å²) in [7, 11) is 0. The molecule has 4 aromatic rings. The fraction of sp³-hybridized carbons (Fsp3) is 0.359. The molecule has 0 bridgehead atoms. The van der Waals surface area contributed by atoms with E-state index in [0.717, 1.165) is 48.1 Å². The number of nitrogens with zero attached hydrogens (tertiary/aromatic N) is 3. The Bertz CT molecular complexity index is 1920. The van der Waals surface area contributed by atoms with E-state index in [1.54, 1.807) is 18.5 Å². The van der Waals surface area contributed by atoms with Gasteiger partial charge in [0.25, 0.3) is 5.91 Å². The number of pyridine rings is 2. The Balaban J connectivity index is 1.27. The summed E-state index contributed by atoms with van der Waals surface area (Å²) in [5.41, 5.74) is 4.56. The van der Waals surface area contributed by atoms with E-state index in [1.807, 2.05) is 75.4 Å². The van der Waals surface area contributed by atoms with Crippen molar-refractivity contribution in [2.45, 2.75) is 58.8 Å². The summed E-state index contributed by atoms with van der Waals surface area (Å²) in [6.45, 7) is 10.6. The van der Waals surface area contributed by atoms with Crippen molar-refractivity contribution in [3.63, 3.8) is 0 Å². The number of amides is 3. The third kappa shape index (κ3) is 9.40. The molecule has 2 aromatic carbocycles. The van der Waals surface area contributed by atoms with E-state index in [9.17, 15) is 14.4 Å². The molecular formula is C39H45N7O5. The number of hydrogen-bond donors (Lipinski definition) is 4. The van der Waals surface area contributed by atoms with Crippen molar-refractivity contribution in [1.29, 1.82) is 0 Å². The number of aromatic nitrogens is 2. The maximum Gasteiger partial charge on any atom is 0.412 e. The molecule has 266 valence electrons. The molecular weight excluding hydrogens is 646 g/mol. The van der Waals surface area contributed by atoms with Crippen LogP contribution in [0.3, 0.4) is 0 Å². The molecule has 0 spiro atoms. The number of alkyl carbamates (subject to hydrolysis) is 1. The average Bonchev–Trinajstić information content (AvgIpc) is 3.10. The van der Waals surface area contributed by atoms with Gasteiger partial charge in [-0.2, -0.15) is 0 Å². The minimum absolute atomic E-state index is 0.0295. The van der Waals surface area contributed by atoms with Crippen molar-refractivity contribution in [3.8, 4) is 0 Å². The van der Waals surface area contributed by atoms with Crippen molar-refractivity contribution < 1.29 is 23.9 Å². The van der Waals surface area contributed by atoms with Crippen LogP contribution in [-0.4, -0.2) is 65.9 Å². The Labute approximate surface area is 298 Å². The van der Waals surface area contributed by atoms with E-state index in [-0.39, 0.29) is 29.9 Å². The number of nitrogens with one attached hydrogen (secondary N) is 4. The van der Waals surface area contributed by atoms with Gasteiger partial charge < -0.3 is 30.3 Å². The van der Waals surface area contributed by atoms with E-state index < -0.39 is 23.7 Å². The summed E-state index contributed by atoms with van der Waals surface area (Å²) in [6.07, 6.45) is 5.92. The first-order valence-corrected chi connectivity index (χ1v) is 17.3. The summed E-state index contributed by atoms with van der Waals surface area (Å²) in [4.78, 5) is 51.0. The maximum absolute atomic E-state index is 14.2. The normalized spacial score (nSPS) is 17.6. The lowest BCUT2D eigenvalue weighted by Crippen LogP contribution is -2.51. The molecule has 2 aliphatic rings. The summed E-state index contributed by atoms with van der Waals surface area (Å²) < 4.78 is 11.0. The van der Waals surface area contributed by atoms with Gasteiger partial charge in [0.1, 0.15) is 12.2 Å². The lowest BCUT2D eigenvalue weighted by molar-refractivity contribution is 0.0495. The van der Waals surface area contributed by atoms with Gasteiger partial charge in [-0.25, -0.2) is 14.6 Å². The number of anilines is 3. The molecule has 3 amide bonds. The van der Waals surface area contributed by atoms with Crippen molar-refractivity contribution in [3.05, 3.63) is 96.0 Å². The van der Waals surface area contributed by atoms with Crippen LogP contribution in [0.15, 0.2) is 79.1 Å². The number of rotatable bonds is 8. The monoisotopic (exact) mass is 691 g/mol. The van der Waals surface area contributed by atoms with E-state index in [2.05, 4.69) is 44.2 Å². The van der Waals surface area contributed by atoms with E-state index in [0.29, 0.717) is 24.3 Å². The Hall–Kier alpha value is -5.49. The fourth-order valence-electron chi connectivity index (χ4n) is 6.46. The first-order chi connectivity index (χ1) is 24.5. The second kappa shape index (κ2) is 15.6. The van der Waals surface area contributed by atoms with Crippen LogP contribution in [0.4, 0.5) is 26.7 Å². The highest BCUT2D eigenvalue weighted by Gasteiger charge is 2.29. The number of fused-ring (bicyclic) bond motifs is 1. The highest BCUT2D eigenvalue weighted by Crippen LogP contribution is 2.32. The first-order valence-electron chi connectivity index (χ1n) is 17.3. The predicted molar refractivity (Wildman–Crippen MR) is 199 cm³/mol. The van der Waals surface area contributed by atoms with Crippen molar-refractivity contribution in [1.82, 2.24) is 20.6 Å². The minimum Gasteiger partial charge on any atom is -0.444 e. The fourth-order valence-corrected chi connectivity index (χ4v) is 6.46. The number of carbonyl (C=O) groups excluding carboxylic acids is 3. The molecule has 6 rings (SSSR count). The van der Waals surface area contributed by atoms with Crippen LogP contribution < -0.4 is 26.2 Å². The Morgan fingerprint density at radius 3 is 2.57 bits per heavy atom. The zero-order valence-electron chi connectivity index (χ0n) is 29.5. The molecule has 12 nitrogen and oxygen atoms in total.